The third-order valence-corrected chi connectivity index (χ3v) is 3.83. The number of hydrogen-bond donors (Lipinski definition) is 3. The van der Waals surface area contributed by atoms with Crippen molar-refractivity contribution in [3.63, 3.8) is 0 Å². The quantitative estimate of drug-likeness (QED) is 0.562. The molecule has 3 N–H and O–H groups in total. The third kappa shape index (κ3) is 5.57. The van der Waals surface area contributed by atoms with Crippen molar-refractivity contribution >= 4 is 23.0 Å². The van der Waals surface area contributed by atoms with Gasteiger partial charge in [0.25, 0.3) is 0 Å². The molecule has 3 nitrogen and oxygen atoms in total. The predicted octanol–water partition coefficient (Wildman–Crippen LogP) is 1.43. The topological polar surface area (TPSA) is 28.5 Å². The summed E-state index contributed by atoms with van der Waals surface area (Å²) in [5.41, 5.74) is 1.04. The van der Waals surface area contributed by atoms with Crippen LogP contribution in [0.1, 0.15) is 25.7 Å². The normalized spacial score (nSPS) is 16.0. The van der Waals surface area contributed by atoms with Gasteiger partial charge in [-0.1, -0.05) is 18.2 Å². The second-order valence-electron chi connectivity index (χ2n) is 5.16. The Labute approximate surface area is 121 Å². The van der Waals surface area contributed by atoms with Crippen molar-refractivity contribution in [3.05, 3.63) is 30.3 Å². The zero-order valence-electron chi connectivity index (χ0n) is 11.5. The highest BCUT2D eigenvalue weighted by atomic mass is 32.1. The molecule has 0 atom stereocenters. The first-order chi connectivity index (χ1) is 9.34. The van der Waals surface area contributed by atoms with E-state index in [0.29, 0.717) is 0 Å². The molecule has 0 aliphatic carbocycles. The molecule has 0 saturated carbocycles. The van der Waals surface area contributed by atoms with Crippen LogP contribution < -0.4 is 15.5 Å². The van der Waals surface area contributed by atoms with Crippen molar-refractivity contribution in [2.45, 2.75) is 25.7 Å². The number of piperidine rings is 1. The van der Waals surface area contributed by atoms with Gasteiger partial charge in [0.1, 0.15) is 0 Å². The van der Waals surface area contributed by atoms with Crippen molar-refractivity contribution in [1.82, 2.24) is 5.32 Å². The van der Waals surface area contributed by atoms with Gasteiger partial charge in [0.2, 0.25) is 0 Å². The lowest BCUT2D eigenvalue weighted by atomic mass is 10.1. The molecule has 1 saturated heterocycles. The maximum absolute atomic E-state index is 5.28. The smallest absolute Gasteiger partial charge is 0.170 e. The Kier molecular flexibility index (Phi) is 6.11. The number of likely N-dealkylation sites (tertiary alicyclic amines) is 1. The zero-order valence-corrected chi connectivity index (χ0v) is 12.3. The number of para-hydroxylation sites is 1. The number of hydrogen-bond acceptors (Lipinski definition) is 1. The molecular weight excluding hydrogens is 254 g/mol. The molecule has 1 aliphatic rings. The minimum atomic E-state index is 0.722. The first-order valence-corrected chi connectivity index (χ1v) is 7.69. The van der Waals surface area contributed by atoms with Crippen LogP contribution in [0.4, 0.5) is 5.69 Å². The Morgan fingerprint density at radius 2 is 1.84 bits per heavy atom. The molecule has 104 valence electrons. The van der Waals surface area contributed by atoms with Crippen molar-refractivity contribution in [3.8, 4) is 0 Å². The molecule has 19 heavy (non-hydrogen) atoms. The highest BCUT2D eigenvalue weighted by molar-refractivity contribution is 7.80. The summed E-state index contributed by atoms with van der Waals surface area (Å²) in [5, 5.41) is 7.19. The number of quaternary nitrogens is 1. The Morgan fingerprint density at radius 3 is 2.58 bits per heavy atom. The summed E-state index contributed by atoms with van der Waals surface area (Å²) in [6.45, 7) is 4.93. The van der Waals surface area contributed by atoms with Crippen LogP contribution in [0.25, 0.3) is 0 Å². The van der Waals surface area contributed by atoms with Gasteiger partial charge in [-0.3, -0.25) is 0 Å². The van der Waals surface area contributed by atoms with E-state index < -0.39 is 0 Å². The first-order valence-electron chi connectivity index (χ1n) is 7.28. The van der Waals surface area contributed by atoms with E-state index in [1.807, 2.05) is 30.3 Å². The lowest BCUT2D eigenvalue weighted by molar-refractivity contribution is -0.904. The summed E-state index contributed by atoms with van der Waals surface area (Å²) in [6, 6.07) is 10.1. The molecule has 1 aromatic carbocycles. The van der Waals surface area contributed by atoms with Gasteiger partial charge in [0.15, 0.2) is 5.11 Å². The molecule has 0 bridgehead atoms. The van der Waals surface area contributed by atoms with Crippen LogP contribution >= 0.6 is 12.2 Å². The van der Waals surface area contributed by atoms with E-state index >= 15 is 0 Å². The van der Waals surface area contributed by atoms with E-state index in [0.717, 1.165) is 17.3 Å². The van der Waals surface area contributed by atoms with Gasteiger partial charge in [0, 0.05) is 18.7 Å². The fourth-order valence-corrected chi connectivity index (χ4v) is 2.76. The van der Waals surface area contributed by atoms with E-state index in [9.17, 15) is 0 Å². The summed E-state index contributed by atoms with van der Waals surface area (Å²) < 4.78 is 0. The van der Waals surface area contributed by atoms with Crippen LogP contribution in [0.2, 0.25) is 0 Å². The molecule has 0 unspecified atom stereocenters. The van der Waals surface area contributed by atoms with Crippen LogP contribution in [-0.2, 0) is 0 Å². The zero-order chi connectivity index (χ0) is 13.3. The maximum atomic E-state index is 5.28. The minimum Gasteiger partial charge on any atom is -0.362 e. The van der Waals surface area contributed by atoms with Gasteiger partial charge in [-0.2, -0.15) is 0 Å². The fourth-order valence-electron chi connectivity index (χ4n) is 2.54. The van der Waals surface area contributed by atoms with Gasteiger partial charge < -0.3 is 15.5 Å². The van der Waals surface area contributed by atoms with E-state index in [4.69, 9.17) is 12.2 Å². The highest BCUT2D eigenvalue weighted by Gasteiger charge is 2.12. The van der Waals surface area contributed by atoms with Crippen LogP contribution in [0.15, 0.2) is 30.3 Å². The van der Waals surface area contributed by atoms with Gasteiger partial charge in [-0.15, -0.1) is 0 Å². The number of anilines is 1. The molecule has 1 heterocycles. The standard InChI is InChI=1S/C15H23N3S/c19-15(17-14-8-3-1-4-9-14)16-10-7-13-18-11-5-2-6-12-18/h1,3-4,8-9H,2,5-7,10-13H2,(H2,16,17,19)/p+1. The number of rotatable bonds is 5. The molecule has 4 heteroatoms. The van der Waals surface area contributed by atoms with Crippen molar-refractivity contribution < 1.29 is 4.90 Å². The second-order valence-corrected chi connectivity index (χ2v) is 5.57. The molecule has 0 radical (unpaired) electrons. The number of thiocarbonyl (C=S) groups is 1. The predicted molar refractivity (Wildman–Crippen MR) is 84.7 cm³/mol. The van der Waals surface area contributed by atoms with Crippen LogP contribution in [0.3, 0.4) is 0 Å². The van der Waals surface area contributed by atoms with Gasteiger partial charge in [-0.25, -0.2) is 0 Å². The lowest BCUT2D eigenvalue weighted by Crippen LogP contribution is -3.12. The molecule has 0 amide bonds. The number of benzene rings is 1. The molecule has 0 aromatic heterocycles. The number of nitrogens with one attached hydrogen (secondary N) is 3. The van der Waals surface area contributed by atoms with Crippen LogP contribution in [0.5, 0.6) is 0 Å². The summed E-state index contributed by atoms with van der Waals surface area (Å²) in [5.74, 6) is 0. The van der Waals surface area contributed by atoms with Crippen LogP contribution in [-0.4, -0.2) is 31.3 Å². The second kappa shape index (κ2) is 8.12. The third-order valence-electron chi connectivity index (χ3n) is 3.58. The first kappa shape index (κ1) is 14.3. The Bertz CT molecular complexity index is 374. The summed E-state index contributed by atoms with van der Waals surface area (Å²) in [7, 11) is 0. The van der Waals surface area contributed by atoms with E-state index in [1.165, 1.54) is 45.3 Å². The van der Waals surface area contributed by atoms with Crippen LogP contribution in [0, 0.1) is 0 Å². The monoisotopic (exact) mass is 278 g/mol. The van der Waals surface area contributed by atoms with Crippen molar-refractivity contribution in [2.75, 3.05) is 31.5 Å². The van der Waals surface area contributed by atoms with Gasteiger partial charge in [0.05, 0.1) is 19.6 Å². The minimum absolute atomic E-state index is 0.722. The molecule has 0 spiro atoms. The molecule has 1 fully saturated rings. The summed E-state index contributed by atoms with van der Waals surface area (Å²) in [4.78, 5) is 1.76. The Balaban J connectivity index is 1.56. The van der Waals surface area contributed by atoms with E-state index in [2.05, 4.69) is 10.6 Å². The molecule has 1 aliphatic heterocycles. The van der Waals surface area contributed by atoms with Crippen molar-refractivity contribution in [2.24, 2.45) is 0 Å². The Morgan fingerprint density at radius 1 is 1.11 bits per heavy atom. The lowest BCUT2D eigenvalue weighted by Gasteiger charge is -2.23. The highest BCUT2D eigenvalue weighted by Crippen LogP contribution is 2.04. The fraction of sp³-hybridized carbons (Fsp3) is 0.533. The maximum Gasteiger partial charge on any atom is 0.170 e. The van der Waals surface area contributed by atoms with E-state index in [1.54, 1.807) is 4.90 Å². The van der Waals surface area contributed by atoms with Gasteiger partial charge >= 0.3 is 0 Å². The van der Waals surface area contributed by atoms with Crippen molar-refractivity contribution in [1.29, 1.82) is 0 Å². The average Bonchev–Trinajstić information content (AvgIpc) is 2.46. The van der Waals surface area contributed by atoms with E-state index in [-0.39, 0.29) is 0 Å². The summed E-state index contributed by atoms with van der Waals surface area (Å²) >= 11 is 5.28. The SMILES string of the molecule is S=C(NCCC[NH+]1CCCCC1)Nc1ccccc1. The Hall–Kier alpha value is -1.13. The molecular formula is C15H24N3S+. The summed E-state index contributed by atoms with van der Waals surface area (Å²) in [6.07, 6.45) is 5.41. The van der Waals surface area contributed by atoms with Gasteiger partial charge in [-0.05, 0) is 43.6 Å². The molecule has 2 rings (SSSR count). The largest absolute Gasteiger partial charge is 0.362 e. The molecule has 1 aromatic rings. The average molecular weight is 278 g/mol.